The first-order valence-electron chi connectivity index (χ1n) is 12.0. The third kappa shape index (κ3) is 4.95. The van der Waals surface area contributed by atoms with Crippen molar-refractivity contribution in [3.05, 3.63) is 88.1 Å². The molecule has 2 atom stereocenters. The second-order valence-electron chi connectivity index (χ2n) is 9.50. The Balaban J connectivity index is 1.78. The van der Waals surface area contributed by atoms with E-state index in [1.165, 1.54) is 29.6 Å². The maximum absolute atomic E-state index is 12.3. The lowest BCUT2D eigenvalue weighted by molar-refractivity contribution is 0.0954. The Hall–Kier alpha value is -3.14. The Morgan fingerprint density at radius 2 is 1.52 bits per heavy atom. The topological polar surface area (TPSA) is 49.4 Å². The fourth-order valence-corrected chi connectivity index (χ4v) is 5.28. The Kier molecular flexibility index (Phi) is 6.83. The summed E-state index contributed by atoms with van der Waals surface area (Å²) in [5, 5.41) is 2.87. The highest BCUT2D eigenvalue weighted by atomic mass is 16.1. The Morgan fingerprint density at radius 1 is 0.909 bits per heavy atom. The predicted octanol–water partition coefficient (Wildman–Crippen LogP) is 5.99. The van der Waals surface area contributed by atoms with Gasteiger partial charge in [-0.1, -0.05) is 41.5 Å². The van der Waals surface area contributed by atoms with Crippen molar-refractivity contribution in [3.8, 4) is 0 Å². The minimum atomic E-state index is -0.0510. The number of amides is 1. The van der Waals surface area contributed by atoms with Gasteiger partial charge in [-0.05, 0) is 94.5 Å². The molecule has 2 aromatic carbocycles. The van der Waals surface area contributed by atoms with Gasteiger partial charge < -0.3 is 10.2 Å². The summed E-state index contributed by atoms with van der Waals surface area (Å²) in [5.41, 5.74) is 7.60. The molecule has 2 unspecified atom stereocenters. The van der Waals surface area contributed by atoms with Crippen molar-refractivity contribution in [2.75, 3.05) is 6.54 Å². The number of hydrogen-bond donors (Lipinski definition) is 1. The minimum Gasteiger partial charge on any atom is -0.371 e. The van der Waals surface area contributed by atoms with Crippen LogP contribution in [0, 0.1) is 0 Å². The number of nitrogens with zero attached hydrogens (tertiary/aromatic N) is 1. The fraction of sp³-hybridized carbons (Fsp3) is 0.379. The number of carbonyl (C=O) groups is 2. The summed E-state index contributed by atoms with van der Waals surface area (Å²) in [4.78, 5) is 26.9. The van der Waals surface area contributed by atoms with Gasteiger partial charge in [0.15, 0.2) is 5.78 Å². The summed E-state index contributed by atoms with van der Waals surface area (Å²) in [6, 6.07) is 16.9. The second kappa shape index (κ2) is 9.78. The number of fused-ring (bicyclic) bond motifs is 2. The molecule has 4 nitrogen and oxygen atoms in total. The van der Waals surface area contributed by atoms with E-state index in [2.05, 4.69) is 48.5 Å². The van der Waals surface area contributed by atoms with Gasteiger partial charge in [0.1, 0.15) is 0 Å². The van der Waals surface area contributed by atoms with Crippen LogP contribution in [0.4, 0.5) is 0 Å². The van der Waals surface area contributed by atoms with Gasteiger partial charge in [-0.2, -0.15) is 0 Å². The van der Waals surface area contributed by atoms with Crippen molar-refractivity contribution >= 4 is 17.3 Å². The van der Waals surface area contributed by atoms with Crippen LogP contribution in [0.5, 0.6) is 0 Å². The number of rotatable bonds is 6. The van der Waals surface area contributed by atoms with E-state index >= 15 is 0 Å². The standard InChI is InChI=1S/C29H34N2O2/c1-5-30-29(33)22-11-9-21(10-12-22)28(24-8-6-7-23(15-24)20(4)32)25-16-26-13-14-27(17-25)31(26)18-19(2)3/h6-12,15,18,26-27H,5,13-14,16-17H2,1-4H3,(H,30,33). The third-order valence-electron chi connectivity index (χ3n) is 6.73. The molecule has 0 saturated carbocycles. The molecule has 2 aromatic rings. The van der Waals surface area contributed by atoms with Crippen LogP contribution in [0.1, 0.15) is 85.2 Å². The monoisotopic (exact) mass is 442 g/mol. The second-order valence-corrected chi connectivity index (χ2v) is 9.50. The molecule has 2 fully saturated rings. The van der Waals surface area contributed by atoms with Crippen molar-refractivity contribution in [2.24, 2.45) is 0 Å². The van der Waals surface area contributed by atoms with Crippen LogP contribution in [0.2, 0.25) is 0 Å². The van der Waals surface area contributed by atoms with Gasteiger partial charge in [-0.15, -0.1) is 0 Å². The molecule has 0 spiro atoms. The molecule has 2 aliphatic rings. The summed E-state index contributed by atoms with van der Waals surface area (Å²) in [6.07, 6.45) is 6.82. The molecule has 1 N–H and O–H groups in total. The van der Waals surface area contributed by atoms with Crippen molar-refractivity contribution in [2.45, 2.75) is 65.5 Å². The Labute approximate surface area is 197 Å². The molecule has 2 heterocycles. The van der Waals surface area contributed by atoms with Gasteiger partial charge >= 0.3 is 0 Å². The highest BCUT2D eigenvalue weighted by molar-refractivity contribution is 5.97. The molecule has 0 aromatic heterocycles. The van der Waals surface area contributed by atoms with Crippen LogP contribution < -0.4 is 5.32 Å². The maximum atomic E-state index is 12.3. The molecule has 2 aliphatic heterocycles. The number of hydrogen-bond acceptors (Lipinski definition) is 3. The summed E-state index contributed by atoms with van der Waals surface area (Å²) in [6.45, 7) is 8.48. The summed E-state index contributed by atoms with van der Waals surface area (Å²) in [5.74, 6) is 0.0242. The third-order valence-corrected chi connectivity index (χ3v) is 6.73. The first-order valence-corrected chi connectivity index (χ1v) is 12.0. The van der Waals surface area contributed by atoms with Crippen LogP contribution in [-0.4, -0.2) is 35.2 Å². The van der Waals surface area contributed by atoms with E-state index in [0.29, 0.717) is 24.2 Å². The molecule has 1 amide bonds. The number of allylic oxidation sites excluding steroid dienone is 1. The first kappa shape index (κ1) is 23.0. The van der Waals surface area contributed by atoms with Crippen LogP contribution in [0.3, 0.4) is 0 Å². The molecule has 172 valence electrons. The zero-order chi connectivity index (χ0) is 23.5. The number of carbonyl (C=O) groups excluding carboxylic acids is 2. The average molecular weight is 443 g/mol. The summed E-state index contributed by atoms with van der Waals surface area (Å²) in [7, 11) is 0. The molecular weight excluding hydrogens is 408 g/mol. The zero-order valence-corrected chi connectivity index (χ0v) is 20.2. The van der Waals surface area contributed by atoms with Crippen molar-refractivity contribution in [1.29, 1.82) is 0 Å². The molecule has 0 radical (unpaired) electrons. The highest BCUT2D eigenvalue weighted by Gasteiger charge is 2.38. The normalized spacial score (nSPS) is 19.3. The van der Waals surface area contributed by atoms with Gasteiger partial charge in [0.05, 0.1) is 0 Å². The number of nitrogens with one attached hydrogen (secondary N) is 1. The van der Waals surface area contributed by atoms with Gasteiger partial charge in [0.25, 0.3) is 5.91 Å². The lowest BCUT2D eigenvalue weighted by atomic mass is 9.85. The first-order chi connectivity index (χ1) is 15.9. The summed E-state index contributed by atoms with van der Waals surface area (Å²) >= 11 is 0. The van der Waals surface area contributed by atoms with E-state index < -0.39 is 0 Å². The van der Waals surface area contributed by atoms with Crippen LogP contribution >= 0.6 is 0 Å². The van der Waals surface area contributed by atoms with Crippen molar-refractivity contribution in [1.82, 2.24) is 10.2 Å². The van der Waals surface area contributed by atoms with Crippen LogP contribution in [0.15, 0.2) is 65.9 Å². The number of Topliss-reactive ketones (excluding diaryl/α,β-unsaturated/α-hetero) is 1. The lowest BCUT2D eigenvalue weighted by Gasteiger charge is -2.37. The molecule has 2 bridgehead atoms. The quantitative estimate of drug-likeness (QED) is 0.559. The molecular formula is C29H34N2O2. The van der Waals surface area contributed by atoms with E-state index in [1.54, 1.807) is 6.92 Å². The number of piperidine rings is 1. The van der Waals surface area contributed by atoms with Gasteiger partial charge in [-0.3, -0.25) is 9.59 Å². The predicted molar refractivity (Wildman–Crippen MR) is 134 cm³/mol. The largest absolute Gasteiger partial charge is 0.371 e. The Morgan fingerprint density at radius 3 is 2.09 bits per heavy atom. The maximum Gasteiger partial charge on any atom is 0.251 e. The van der Waals surface area contributed by atoms with Crippen LogP contribution in [0.25, 0.3) is 5.57 Å². The molecule has 33 heavy (non-hydrogen) atoms. The zero-order valence-electron chi connectivity index (χ0n) is 20.2. The average Bonchev–Trinajstić information content (AvgIpc) is 3.01. The van der Waals surface area contributed by atoms with E-state index in [4.69, 9.17) is 0 Å². The number of benzene rings is 2. The molecule has 2 saturated heterocycles. The summed E-state index contributed by atoms with van der Waals surface area (Å²) < 4.78 is 0. The molecule has 0 aliphatic carbocycles. The van der Waals surface area contributed by atoms with E-state index in [0.717, 1.165) is 29.5 Å². The van der Waals surface area contributed by atoms with Crippen LogP contribution in [-0.2, 0) is 0 Å². The van der Waals surface area contributed by atoms with Gasteiger partial charge in [0.2, 0.25) is 0 Å². The van der Waals surface area contributed by atoms with E-state index in [1.807, 2.05) is 37.3 Å². The lowest BCUT2D eigenvalue weighted by Crippen LogP contribution is -2.36. The fourth-order valence-electron chi connectivity index (χ4n) is 5.28. The highest BCUT2D eigenvalue weighted by Crippen LogP contribution is 2.43. The molecule has 4 rings (SSSR count). The van der Waals surface area contributed by atoms with E-state index in [-0.39, 0.29) is 11.7 Å². The van der Waals surface area contributed by atoms with Gasteiger partial charge in [0, 0.05) is 29.8 Å². The smallest absolute Gasteiger partial charge is 0.251 e. The Bertz CT molecular complexity index is 1090. The number of ketones is 1. The minimum absolute atomic E-state index is 0.0510. The molecule has 4 heteroatoms. The van der Waals surface area contributed by atoms with Crippen molar-refractivity contribution in [3.63, 3.8) is 0 Å². The van der Waals surface area contributed by atoms with Gasteiger partial charge in [-0.25, -0.2) is 0 Å². The van der Waals surface area contributed by atoms with E-state index in [9.17, 15) is 9.59 Å². The van der Waals surface area contributed by atoms with Crippen molar-refractivity contribution < 1.29 is 9.59 Å². The SMILES string of the molecule is CCNC(=O)c1ccc(C(=C2CC3CCC(C2)N3C=C(C)C)c2cccc(C(C)=O)c2)cc1.